The summed E-state index contributed by atoms with van der Waals surface area (Å²) in [4.78, 5) is 35.9. The second-order valence-electron chi connectivity index (χ2n) is 18.1. The van der Waals surface area contributed by atoms with Crippen LogP contribution in [0.1, 0.15) is 146 Å². The maximum Gasteiger partial charge on any atom is 0.162 e. The molecular weight excluding hydrogens is 1020 g/mol. The first kappa shape index (κ1) is 57.3. The summed E-state index contributed by atoms with van der Waals surface area (Å²) in [5, 5.41) is 19.6. The molecule has 4 unspecified atom stereocenters. The minimum Gasteiger partial charge on any atom is -0.508 e. The first-order valence-electron chi connectivity index (χ1n) is 23.9. The Bertz CT molecular complexity index is 2260. The SMILES string of the molecule is C=CC(CC)C(C)O.CC/C=C/CBr.CC[C@@]12CCc3cc(O)ccc3C1CC(C)=CC2=O.CC[C@@]12CCc3cc(OC)ccc3C1CC(C)=CC2=O.COc1ccc(/C=C/C(C)=O)c(I)c1. The predicted octanol–water partition coefficient (Wildman–Crippen LogP) is 14.6. The van der Waals surface area contributed by atoms with Gasteiger partial charge in [0.2, 0.25) is 0 Å². The number of aryl methyl sites for hydroxylation is 2. The van der Waals surface area contributed by atoms with Gasteiger partial charge in [0, 0.05) is 37.5 Å². The number of benzene rings is 3. The van der Waals surface area contributed by atoms with Crippen molar-refractivity contribution in [1.29, 1.82) is 0 Å². The molecule has 9 heteroatoms. The molecule has 4 aliphatic rings. The minimum absolute atomic E-state index is 0.0524. The highest BCUT2D eigenvalue weighted by molar-refractivity contribution is 14.1. The monoisotopic (exact) mass is 1090 g/mol. The van der Waals surface area contributed by atoms with Crippen LogP contribution in [0.25, 0.3) is 6.08 Å². The number of aromatic hydroxyl groups is 1. The summed E-state index contributed by atoms with van der Waals surface area (Å²) in [6.45, 7) is 19.5. The van der Waals surface area contributed by atoms with E-state index in [9.17, 15) is 19.5 Å². The zero-order valence-corrected chi connectivity index (χ0v) is 45.5. The molecule has 7 nitrogen and oxygen atoms in total. The Morgan fingerprint density at radius 3 is 1.75 bits per heavy atom. The maximum atomic E-state index is 12.6. The van der Waals surface area contributed by atoms with E-state index in [1.807, 2.05) is 68.5 Å². The van der Waals surface area contributed by atoms with Crippen LogP contribution >= 0.6 is 38.5 Å². The van der Waals surface area contributed by atoms with E-state index in [1.54, 1.807) is 39.4 Å². The largest absolute Gasteiger partial charge is 0.508 e. The standard InChI is InChI=1S/C18H22O2.C17H20O2.C11H11IO2.C7H14O.C5H9Br/c1-4-18-8-7-13-11-14(20-3)5-6-15(13)16(18)9-12(2)10-17(18)19;1-3-17-7-6-12-10-13(18)4-5-14(12)15(17)8-11(2)9-16(17)19;1-8(13)3-4-9-5-6-10(14-2)7-11(9)12;1-4-7(5-2)6(3)8;1-2-3-4-5-6/h5-6,10-11,16H,4,7-9H2,1-3H3;4-5,9-10,15,18H,3,6-8H2,1-2H3;3-7H,1-2H3;4,6-8H,1,5H2,2-3H3;3-4H,2,5H2,1H3/b;;4-3+;;4-3+/t16?,18-;15?,17-;;;/m11.../s1. The van der Waals surface area contributed by atoms with Crippen molar-refractivity contribution in [3.05, 3.63) is 140 Å². The first-order chi connectivity index (χ1) is 31.9. The van der Waals surface area contributed by atoms with Crippen LogP contribution < -0.4 is 9.47 Å². The number of carbonyl (C=O) groups is 3. The molecule has 0 saturated heterocycles. The lowest BCUT2D eigenvalue weighted by Crippen LogP contribution is -2.42. The van der Waals surface area contributed by atoms with Crippen LogP contribution in [0, 0.1) is 20.3 Å². The number of hydrogen-bond acceptors (Lipinski definition) is 7. The third-order valence-electron chi connectivity index (χ3n) is 13.9. The number of allylic oxidation sites excluding steroid dienone is 7. The number of aliphatic hydroxyl groups is 1. The highest BCUT2D eigenvalue weighted by Crippen LogP contribution is 2.55. The second kappa shape index (κ2) is 27.8. The van der Waals surface area contributed by atoms with Crippen molar-refractivity contribution < 1.29 is 34.1 Å². The third kappa shape index (κ3) is 15.2. The third-order valence-corrected chi connectivity index (χ3v) is 15.2. The molecule has 67 heavy (non-hydrogen) atoms. The fraction of sp³-hybridized carbons (Fsp3) is 0.466. The van der Waals surface area contributed by atoms with E-state index in [0.717, 1.165) is 90.2 Å². The number of fused-ring (bicyclic) bond motifs is 6. The maximum absolute atomic E-state index is 12.6. The van der Waals surface area contributed by atoms with Crippen LogP contribution in [0.3, 0.4) is 0 Å². The molecule has 0 radical (unpaired) electrons. The molecule has 0 spiro atoms. The van der Waals surface area contributed by atoms with Gasteiger partial charge in [-0.05, 0) is 197 Å². The zero-order chi connectivity index (χ0) is 49.9. The molecule has 4 aliphatic carbocycles. The number of halogens is 2. The number of rotatable bonds is 11. The molecule has 0 aromatic heterocycles. The number of aliphatic hydroxyl groups excluding tert-OH is 1. The van der Waals surface area contributed by atoms with Crippen molar-refractivity contribution in [2.24, 2.45) is 16.7 Å². The van der Waals surface area contributed by atoms with Gasteiger partial charge in [0.05, 0.1) is 20.3 Å². The topological polar surface area (TPSA) is 110 Å². The average Bonchev–Trinajstić information content (AvgIpc) is 3.31. The van der Waals surface area contributed by atoms with E-state index in [-0.39, 0.29) is 28.6 Å². The summed E-state index contributed by atoms with van der Waals surface area (Å²) in [5.74, 6) is 3.69. The number of hydrogen-bond donors (Lipinski definition) is 2. The van der Waals surface area contributed by atoms with Gasteiger partial charge in [-0.15, -0.1) is 6.58 Å². The molecule has 0 fully saturated rings. The Hall–Kier alpha value is -4.06. The molecule has 0 bridgehead atoms. The number of methoxy groups -OCH3 is 2. The molecule has 0 heterocycles. The average molecular weight is 1090 g/mol. The van der Waals surface area contributed by atoms with Crippen LogP contribution in [0.15, 0.2) is 109 Å². The van der Waals surface area contributed by atoms with E-state index < -0.39 is 0 Å². The second-order valence-corrected chi connectivity index (χ2v) is 19.9. The van der Waals surface area contributed by atoms with E-state index in [2.05, 4.69) is 97.1 Å². The van der Waals surface area contributed by atoms with Crippen LogP contribution in [0.5, 0.6) is 17.2 Å². The number of phenols is 1. The fourth-order valence-corrected chi connectivity index (χ4v) is 10.8. The van der Waals surface area contributed by atoms with Crippen molar-refractivity contribution in [1.82, 2.24) is 0 Å². The lowest BCUT2D eigenvalue weighted by Gasteiger charge is -2.45. The Morgan fingerprint density at radius 2 is 1.34 bits per heavy atom. The molecule has 0 amide bonds. The van der Waals surface area contributed by atoms with Gasteiger partial charge < -0.3 is 19.7 Å². The number of carbonyl (C=O) groups excluding carboxylic acids is 3. The summed E-state index contributed by atoms with van der Waals surface area (Å²) in [5.41, 5.74) is 8.27. The smallest absolute Gasteiger partial charge is 0.162 e. The van der Waals surface area contributed by atoms with Gasteiger partial charge in [0.1, 0.15) is 17.2 Å². The van der Waals surface area contributed by atoms with Crippen molar-refractivity contribution in [2.45, 2.75) is 138 Å². The van der Waals surface area contributed by atoms with Crippen molar-refractivity contribution in [3.8, 4) is 17.2 Å². The van der Waals surface area contributed by atoms with E-state index >= 15 is 0 Å². The van der Waals surface area contributed by atoms with E-state index in [4.69, 9.17) is 14.6 Å². The Balaban J connectivity index is 0.000000236. The summed E-state index contributed by atoms with van der Waals surface area (Å²) >= 11 is 5.48. The van der Waals surface area contributed by atoms with Gasteiger partial charge in [-0.25, -0.2) is 0 Å². The number of phenolic OH excluding ortho intramolecular Hbond substituents is 1. The summed E-state index contributed by atoms with van der Waals surface area (Å²) in [6, 6.07) is 17.7. The van der Waals surface area contributed by atoms with Crippen LogP contribution in [-0.2, 0) is 27.2 Å². The van der Waals surface area contributed by atoms with Crippen LogP contribution in [0.4, 0.5) is 0 Å². The molecule has 3 aromatic rings. The van der Waals surface area contributed by atoms with Gasteiger partial charge in [-0.3, -0.25) is 14.4 Å². The van der Waals surface area contributed by atoms with Crippen molar-refractivity contribution in [2.75, 3.05) is 19.5 Å². The summed E-state index contributed by atoms with van der Waals surface area (Å²) in [6.07, 6.45) is 22.6. The minimum atomic E-state index is -0.238. The predicted molar refractivity (Wildman–Crippen MR) is 290 cm³/mol. The number of ketones is 3. The molecule has 364 valence electrons. The van der Waals surface area contributed by atoms with Crippen molar-refractivity contribution in [3.63, 3.8) is 0 Å². The first-order valence-corrected chi connectivity index (χ1v) is 26.1. The molecule has 6 atom stereocenters. The molecule has 0 aliphatic heterocycles. The molecule has 2 N–H and O–H groups in total. The highest BCUT2D eigenvalue weighted by atomic mass is 127. The molecule has 7 rings (SSSR count). The Kier molecular flexibility index (Phi) is 23.8. The lowest BCUT2D eigenvalue weighted by molar-refractivity contribution is -0.127. The van der Waals surface area contributed by atoms with E-state index in [0.29, 0.717) is 29.2 Å². The van der Waals surface area contributed by atoms with Crippen LogP contribution in [-0.4, -0.2) is 53.2 Å². The number of ether oxygens (including phenoxy) is 2. The molecule has 3 aromatic carbocycles. The van der Waals surface area contributed by atoms with Crippen LogP contribution in [0.2, 0.25) is 0 Å². The quantitative estimate of drug-likeness (QED) is 0.0852. The van der Waals surface area contributed by atoms with E-state index in [1.165, 1.54) is 40.3 Å². The highest BCUT2D eigenvalue weighted by Gasteiger charge is 2.49. The summed E-state index contributed by atoms with van der Waals surface area (Å²) < 4.78 is 11.5. The van der Waals surface area contributed by atoms with Gasteiger partial charge in [-0.2, -0.15) is 0 Å². The fourth-order valence-electron chi connectivity index (χ4n) is 9.88. The molecule has 0 saturated carbocycles. The van der Waals surface area contributed by atoms with Gasteiger partial charge in [0.15, 0.2) is 17.3 Å². The van der Waals surface area contributed by atoms with Crippen molar-refractivity contribution >= 4 is 61.9 Å². The Morgan fingerprint density at radius 1 is 0.836 bits per heavy atom. The summed E-state index contributed by atoms with van der Waals surface area (Å²) in [7, 11) is 3.34. The number of alkyl halides is 1. The van der Waals surface area contributed by atoms with Gasteiger partial charge >= 0.3 is 0 Å². The Labute approximate surface area is 424 Å². The lowest BCUT2D eigenvalue weighted by atomic mass is 9.56. The van der Waals surface area contributed by atoms with Gasteiger partial charge in [-0.1, -0.05) is 97.3 Å². The molecular formula is C58H76BrIO7. The normalized spacial score (nSPS) is 22.0. The van der Waals surface area contributed by atoms with Gasteiger partial charge in [0.25, 0.3) is 0 Å². The zero-order valence-electron chi connectivity index (χ0n) is 41.7.